The molecule has 1 aromatic heterocycles. The van der Waals surface area contributed by atoms with E-state index < -0.39 is 17.7 Å². The number of ether oxygens (including phenoxy) is 1. The van der Waals surface area contributed by atoms with Crippen LogP contribution in [0.5, 0.6) is 0 Å². The minimum absolute atomic E-state index is 0.202. The van der Waals surface area contributed by atoms with E-state index in [1.807, 2.05) is 17.5 Å². The predicted molar refractivity (Wildman–Crippen MR) is 79.9 cm³/mol. The second-order valence-corrected chi connectivity index (χ2v) is 6.54. The predicted octanol–water partition coefficient (Wildman–Crippen LogP) is 2.27. The third kappa shape index (κ3) is 4.85. The molecule has 1 N–H and O–H groups in total. The highest BCUT2D eigenvalue weighted by molar-refractivity contribution is 7.09. The van der Waals surface area contributed by atoms with E-state index in [1.165, 1.54) is 4.90 Å². The van der Waals surface area contributed by atoms with Crippen LogP contribution in [0.4, 0.5) is 4.79 Å². The van der Waals surface area contributed by atoms with Gasteiger partial charge in [-0.3, -0.25) is 9.69 Å². The summed E-state index contributed by atoms with van der Waals surface area (Å²) in [6.07, 6.45) is -0.0183. The van der Waals surface area contributed by atoms with E-state index in [2.05, 4.69) is 5.32 Å². The second kappa shape index (κ2) is 6.74. The van der Waals surface area contributed by atoms with Crippen LogP contribution in [-0.4, -0.2) is 42.6 Å². The summed E-state index contributed by atoms with van der Waals surface area (Å²) in [6.45, 7) is 5.40. The van der Waals surface area contributed by atoms with Crippen molar-refractivity contribution in [3.8, 4) is 0 Å². The molecule has 6 heteroatoms. The van der Waals surface area contributed by atoms with Gasteiger partial charge in [0.05, 0.1) is 0 Å². The first-order valence-corrected chi connectivity index (χ1v) is 7.32. The van der Waals surface area contributed by atoms with Crippen molar-refractivity contribution in [2.24, 2.45) is 0 Å². The highest BCUT2D eigenvalue weighted by atomic mass is 32.1. The van der Waals surface area contributed by atoms with Gasteiger partial charge in [0.2, 0.25) is 5.91 Å². The van der Waals surface area contributed by atoms with Crippen LogP contribution in [0.2, 0.25) is 0 Å². The van der Waals surface area contributed by atoms with E-state index in [0.717, 1.165) is 4.88 Å². The topological polar surface area (TPSA) is 58.6 Å². The van der Waals surface area contributed by atoms with Crippen LogP contribution in [0.25, 0.3) is 0 Å². The fourth-order valence-electron chi connectivity index (χ4n) is 1.65. The zero-order chi connectivity index (χ0) is 15.3. The normalized spacial score (nSPS) is 12.7. The number of likely N-dealkylation sites (N-methyl/N-ethyl adjacent to an activating group) is 2. The van der Waals surface area contributed by atoms with Crippen molar-refractivity contribution in [3.63, 3.8) is 0 Å². The van der Waals surface area contributed by atoms with Crippen LogP contribution in [0, 0.1) is 0 Å². The summed E-state index contributed by atoms with van der Waals surface area (Å²) in [5.41, 5.74) is -0.582. The molecule has 0 saturated heterocycles. The Morgan fingerprint density at radius 3 is 2.55 bits per heavy atom. The largest absolute Gasteiger partial charge is 0.444 e. The number of nitrogens with zero attached hydrogens (tertiary/aromatic N) is 1. The van der Waals surface area contributed by atoms with Gasteiger partial charge in [0.15, 0.2) is 0 Å². The fourth-order valence-corrected chi connectivity index (χ4v) is 2.40. The maximum atomic E-state index is 12.1. The molecule has 0 radical (unpaired) electrons. The van der Waals surface area contributed by atoms with Crippen LogP contribution in [0.15, 0.2) is 17.5 Å². The minimum Gasteiger partial charge on any atom is -0.444 e. The highest BCUT2D eigenvalue weighted by Crippen LogP contribution is 2.16. The van der Waals surface area contributed by atoms with E-state index in [0.29, 0.717) is 6.42 Å². The Bertz CT molecular complexity index is 451. The molecule has 0 aliphatic carbocycles. The standard InChI is InChI=1S/C14H22N2O3S/c1-14(2,3)19-13(18)16(5)11(12(17)15-4)9-10-7-6-8-20-10/h6-8,11H,9H2,1-5H3,(H,15,17)/t11-/m1/s1. The van der Waals surface area contributed by atoms with Crippen LogP contribution >= 0.6 is 11.3 Å². The summed E-state index contributed by atoms with van der Waals surface area (Å²) >= 11 is 1.56. The smallest absolute Gasteiger partial charge is 0.410 e. The summed E-state index contributed by atoms with van der Waals surface area (Å²) in [4.78, 5) is 26.5. The number of thiophene rings is 1. The maximum Gasteiger partial charge on any atom is 0.410 e. The lowest BCUT2D eigenvalue weighted by atomic mass is 10.1. The lowest BCUT2D eigenvalue weighted by Crippen LogP contribution is -2.49. The number of carbonyl (C=O) groups is 2. The SMILES string of the molecule is CNC(=O)[C@@H](Cc1cccs1)N(C)C(=O)OC(C)(C)C. The molecule has 5 nitrogen and oxygen atoms in total. The van der Waals surface area contributed by atoms with Gasteiger partial charge in [0.25, 0.3) is 0 Å². The Labute approximate surface area is 123 Å². The van der Waals surface area contributed by atoms with Crippen molar-refractivity contribution in [2.45, 2.75) is 38.8 Å². The third-order valence-electron chi connectivity index (χ3n) is 2.67. The number of carbonyl (C=O) groups excluding carboxylic acids is 2. The van der Waals surface area contributed by atoms with Gasteiger partial charge in [0.1, 0.15) is 11.6 Å². The molecule has 112 valence electrons. The van der Waals surface area contributed by atoms with Crippen molar-refractivity contribution >= 4 is 23.3 Å². The van der Waals surface area contributed by atoms with Crippen molar-refractivity contribution in [1.82, 2.24) is 10.2 Å². The molecule has 0 unspecified atom stereocenters. The zero-order valence-corrected chi connectivity index (χ0v) is 13.4. The van der Waals surface area contributed by atoms with Gasteiger partial charge < -0.3 is 10.1 Å². The number of rotatable bonds is 4. The maximum absolute atomic E-state index is 12.1. The molecule has 0 fully saturated rings. The lowest BCUT2D eigenvalue weighted by molar-refractivity contribution is -0.125. The summed E-state index contributed by atoms with van der Waals surface area (Å²) in [5.74, 6) is -0.202. The number of hydrogen-bond acceptors (Lipinski definition) is 4. The monoisotopic (exact) mass is 298 g/mol. The molecule has 0 spiro atoms. The lowest BCUT2D eigenvalue weighted by Gasteiger charge is -2.29. The molecule has 1 heterocycles. The average molecular weight is 298 g/mol. The molecule has 2 amide bonds. The molecule has 0 saturated carbocycles. The summed E-state index contributed by atoms with van der Waals surface area (Å²) in [6, 6.07) is 3.30. The quantitative estimate of drug-likeness (QED) is 0.927. The summed E-state index contributed by atoms with van der Waals surface area (Å²) < 4.78 is 5.30. The van der Waals surface area contributed by atoms with Gasteiger partial charge in [-0.25, -0.2) is 4.79 Å². The van der Waals surface area contributed by atoms with Gasteiger partial charge in [0, 0.05) is 25.4 Å². The van der Waals surface area contributed by atoms with Gasteiger partial charge in [-0.15, -0.1) is 11.3 Å². The molecule has 1 aromatic rings. The Morgan fingerprint density at radius 2 is 2.10 bits per heavy atom. The van der Waals surface area contributed by atoms with E-state index in [-0.39, 0.29) is 5.91 Å². The van der Waals surface area contributed by atoms with Crippen LogP contribution in [0.3, 0.4) is 0 Å². The number of nitrogens with one attached hydrogen (secondary N) is 1. The van der Waals surface area contributed by atoms with Crippen LogP contribution in [-0.2, 0) is 16.0 Å². The second-order valence-electron chi connectivity index (χ2n) is 5.50. The fraction of sp³-hybridized carbons (Fsp3) is 0.571. The van der Waals surface area contributed by atoms with E-state index in [1.54, 1.807) is 46.2 Å². The zero-order valence-electron chi connectivity index (χ0n) is 12.6. The van der Waals surface area contributed by atoms with E-state index in [9.17, 15) is 9.59 Å². The van der Waals surface area contributed by atoms with Gasteiger partial charge in [-0.2, -0.15) is 0 Å². The Morgan fingerprint density at radius 1 is 1.45 bits per heavy atom. The van der Waals surface area contributed by atoms with Crippen molar-refractivity contribution in [1.29, 1.82) is 0 Å². The Hall–Kier alpha value is -1.56. The first-order valence-electron chi connectivity index (χ1n) is 6.44. The average Bonchev–Trinajstić information content (AvgIpc) is 2.85. The van der Waals surface area contributed by atoms with Crippen molar-refractivity contribution in [3.05, 3.63) is 22.4 Å². The van der Waals surface area contributed by atoms with Gasteiger partial charge >= 0.3 is 6.09 Å². The molecular formula is C14H22N2O3S. The van der Waals surface area contributed by atoms with Gasteiger partial charge in [-0.05, 0) is 32.2 Å². The molecule has 0 aliphatic heterocycles. The molecule has 20 heavy (non-hydrogen) atoms. The molecule has 1 atom stereocenters. The van der Waals surface area contributed by atoms with Crippen LogP contribution < -0.4 is 5.32 Å². The first-order chi connectivity index (χ1) is 9.24. The number of hydrogen-bond donors (Lipinski definition) is 1. The van der Waals surface area contributed by atoms with E-state index in [4.69, 9.17) is 4.74 Å². The third-order valence-corrected chi connectivity index (χ3v) is 3.57. The Balaban J connectivity index is 2.82. The highest BCUT2D eigenvalue weighted by Gasteiger charge is 2.30. The van der Waals surface area contributed by atoms with E-state index >= 15 is 0 Å². The molecule has 0 bridgehead atoms. The Kier molecular flexibility index (Phi) is 5.56. The van der Waals surface area contributed by atoms with Crippen molar-refractivity contribution < 1.29 is 14.3 Å². The van der Waals surface area contributed by atoms with Gasteiger partial charge in [-0.1, -0.05) is 6.07 Å². The summed E-state index contributed by atoms with van der Waals surface area (Å²) in [5, 5.41) is 4.54. The minimum atomic E-state index is -0.582. The molecular weight excluding hydrogens is 276 g/mol. The molecule has 0 aromatic carbocycles. The first kappa shape index (κ1) is 16.5. The van der Waals surface area contributed by atoms with Crippen LogP contribution in [0.1, 0.15) is 25.6 Å². The number of amides is 2. The molecule has 1 rings (SSSR count). The molecule has 0 aliphatic rings. The summed E-state index contributed by atoms with van der Waals surface area (Å²) in [7, 11) is 3.15. The van der Waals surface area contributed by atoms with Crippen molar-refractivity contribution in [2.75, 3.05) is 14.1 Å².